The van der Waals surface area contributed by atoms with Gasteiger partial charge in [0.2, 0.25) is 11.8 Å². The predicted molar refractivity (Wildman–Crippen MR) is 134 cm³/mol. The highest BCUT2D eigenvalue weighted by Crippen LogP contribution is 2.15. The van der Waals surface area contributed by atoms with Crippen molar-refractivity contribution in [1.29, 1.82) is 0 Å². The number of nitrogens with zero attached hydrogens (tertiary/aromatic N) is 2. The number of anilines is 2. The number of nitrogens with one attached hydrogen (secondary N) is 2. The molecule has 0 fully saturated rings. The molecule has 0 heterocycles. The molecule has 2 N–H and O–H groups in total. The summed E-state index contributed by atoms with van der Waals surface area (Å²) in [5, 5.41) is 5.95. The summed E-state index contributed by atoms with van der Waals surface area (Å²) >= 11 is 0. The highest BCUT2D eigenvalue weighted by molar-refractivity contribution is 5.96. The Labute approximate surface area is 197 Å². The van der Waals surface area contributed by atoms with E-state index in [1.165, 1.54) is 0 Å². The van der Waals surface area contributed by atoms with Gasteiger partial charge in [0.1, 0.15) is 0 Å². The van der Waals surface area contributed by atoms with Gasteiger partial charge in [-0.15, -0.1) is 0 Å². The van der Waals surface area contributed by atoms with Crippen LogP contribution >= 0.6 is 0 Å². The maximum Gasteiger partial charge on any atom is 0.253 e. The minimum absolute atomic E-state index is 0.0131. The second-order valence-corrected chi connectivity index (χ2v) is 8.26. The zero-order valence-electron chi connectivity index (χ0n) is 20.2. The molecule has 2 rings (SSSR count). The molecule has 0 unspecified atom stereocenters. The van der Waals surface area contributed by atoms with Gasteiger partial charge in [-0.25, -0.2) is 0 Å². The van der Waals surface area contributed by atoms with Crippen molar-refractivity contribution in [2.24, 2.45) is 0 Å². The zero-order chi connectivity index (χ0) is 24.2. The Morgan fingerprint density at radius 3 is 2.15 bits per heavy atom. The van der Waals surface area contributed by atoms with Gasteiger partial charge in [-0.1, -0.05) is 32.0 Å². The average molecular weight is 453 g/mol. The topological polar surface area (TPSA) is 81.8 Å². The molecule has 178 valence electrons. The van der Waals surface area contributed by atoms with Gasteiger partial charge in [-0.2, -0.15) is 0 Å². The van der Waals surface area contributed by atoms with Crippen molar-refractivity contribution < 1.29 is 14.4 Å². The first-order chi connectivity index (χ1) is 15.8. The molecule has 0 spiro atoms. The van der Waals surface area contributed by atoms with Gasteiger partial charge in [0.25, 0.3) is 5.91 Å². The van der Waals surface area contributed by atoms with E-state index in [1.807, 2.05) is 41.3 Å². The Hall–Kier alpha value is -3.35. The number of aryl methyl sites for hydroxylation is 1. The quantitative estimate of drug-likeness (QED) is 0.510. The third-order valence-corrected chi connectivity index (χ3v) is 5.20. The number of amides is 3. The summed E-state index contributed by atoms with van der Waals surface area (Å²) in [6, 6.07) is 14.8. The fourth-order valence-corrected chi connectivity index (χ4v) is 3.42. The predicted octanol–water partition coefficient (Wildman–Crippen LogP) is 4.02. The summed E-state index contributed by atoms with van der Waals surface area (Å²) in [7, 11) is 3.49. The van der Waals surface area contributed by atoms with Crippen LogP contribution in [0.15, 0.2) is 48.5 Å². The first-order valence-electron chi connectivity index (χ1n) is 11.6. The zero-order valence-corrected chi connectivity index (χ0v) is 20.2. The molecular formula is C26H36N4O3. The maximum absolute atomic E-state index is 12.8. The van der Waals surface area contributed by atoms with Crippen LogP contribution in [0.4, 0.5) is 11.4 Å². The second kappa shape index (κ2) is 13.3. The average Bonchev–Trinajstić information content (AvgIpc) is 2.81. The summed E-state index contributed by atoms with van der Waals surface area (Å²) in [6.45, 7) is 5.68. The summed E-state index contributed by atoms with van der Waals surface area (Å²) in [5.74, 6) is -0.0762. The molecular weight excluding hydrogens is 416 g/mol. The highest BCUT2D eigenvalue weighted by atomic mass is 16.2. The lowest BCUT2D eigenvalue weighted by Gasteiger charge is -2.21. The summed E-state index contributed by atoms with van der Waals surface area (Å²) in [4.78, 5) is 40.3. The van der Waals surface area contributed by atoms with E-state index in [1.54, 1.807) is 31.1 Å². The molecule has 7 heteroatoms. The summed E-state index contributed by atoms with van der Waals surface area (Å²) < 4.78 is 0. The van der Waals surface area contributed by atoms with Crippen LogP contribution in [-0.4, -0.2) is 61.3 Å². The second-order valence-electron chi connectivity index (χ2n) is 8.26. The van der Waals surface area contributed by atoms with Gasteiger partial charge in [0, 0.05) is 50.5 Å². The van der Waals surface area contributed by atoms with Crippen molar-refractivity contribution in [3.8, 4) is 0 Å². The molecule has 0 aliphatic heterocycles. The van der Waals surface area contributed by atoms with Gasteiger partial charge >= 0.3 is 0 Å². The molecule has 0 atom stereocenters. The van der Waals surface area contributed by atoms with Crippen LogP contribution < -0.4 is 10.6 Å². The number of hydrogen-bond acceptors (Lipinski definition) is 4. The molecule has 33 heavy (non-hydrogen) atoms. The minimum Gasteiger partial charge on any atom is -0.376 e. The molecule has 2 aromatic rings. The van der Waals surface area contributed by atoms with Crippen molar-refractivity contribution in [3.05, 3.63) is 59.7 Å². The first kappa shape index (κ1) is 25.9. The Balaban J connectivity index is 1.87. The van der Waals surface area contributed by atoms with Crippen LogP contribution in [0.1, 0.15) is 49.0 Å². The van der Waals surface area contributed by atoms with E-state index < -0.39 is 0 Å². The Bertz CT molecular complexity index is 919. The van der Waals surface area contributed by atoms with E-state index in [0.29, 0.717) is 24.1 Å². The van der Waals surface area contributed by atoms with Crippen LogP contribution in [0.3, 0.4) is 0 Å². The molecule has 0 aliphatic rings. The molecule has 2 aromatic carbocycles. The fourth-order valence-electron chi connectivity index (χ4n) is 3.42. The molecule has 0 saturated carbocycles. The Morgan fingerprint density at radius 2 is 1.55 bits per heavy atom. The van der Waals surface area contributed by atoms with Crippen molar-refractivity contribution in [3.63, 3.8) is 0 Å². The molecule has 0 aromatic heterocycles. The van der Waals surface area contributed by atoms with E-state index in [9.17, 15) is 14.4 Å². The number of carbonyl (C=O) groups excluding carboxylic acids is 3. The number of carbonyl (C=O) groups is 3. The van der Waals surface area contributed by atoms with Crippen molar-refractivity contribution >= 4 is 29.1 Å². The number of benzene rings is 2. The van der Waals surface area contributed by atoms with Crippen molar-refractivity contribution in [2.45, 2.75) is 39.5 Å². The van der Waals surface area contributed by atoms with Crippen LogP contribution in [0, 0.1) is 0 Å². The normalized spacial score (nSPS) is 10.4. The SMILES string of the molecule is CCCN(CCC)C(=O)c1cccc(NCC(=O)Nc2ccc(CCC(=O)N(C)C)cc2)c1. The summed E-state index contributed by atoms with van der Waals surface area (Å²) in [5.41, 5.74) is 3.08. The molecule has 0 saturated heterocycles. The van der Waals surface area contributed by atoms with Gasteiger partial charge in [0.05, 0.1) is 6.54 Å². The van der Waals surface area contributed by atoms with Crippen molar-refractivity contribution in [2.75, 3.05) is 44.4 Å². The molecule has 0 bridgehead atoms. The van der Waals surface area contributed by atoms with Crippen LogP contribution in [0.25, 0.3) is 0 Å². The van der Waals surface area contributed by atoms with Crippen LogP contribution in [-0.2, 0) is 16.0 Å². The maximum atomic E-state index is 12.8. The smallest absolute Gasteiger partial charge is 0.253 e. The third kappa shape index (κ3) is 8.60. The largest absolute Gasteiger partial charge is 0.376 e. The Kier molecular flexibility index (Phi) is 10.4. The van der Waals surface area contributed by atoms with E-state index in [-0.39, 0.29) is 24.3 Å². The molecule has 3 amide bonds. The molecule has 7 nitrogen and oxygen atoms in total. The first-order valence-corrected chi connectivity index (χ1v) is 11.6. The highest BCUT2D eigenvalue weighted by Gasteiger charge is 2.14. The summed E-state index contributed by atoms with van der Waals surface area (Å²) in [6.07, 6.45) is 2.95. The standard InChI is InChI=1S/C26H36N4O3/c1-5-16-30(17-6-2)26(33)21-8-7-9-23(18-21)27-19-24(31)28-22-13-10-20(11-14-22)12-15-25(32)29(3)4/h7-11,13-14,18,27H,5-6,12,15-17,19H2,1-4H3,(H,28,31). The monoisotopic (exact) mass is 452 g/mol. The molecule has 0 radical (unpaired) electrons. The van der Waals surface area contributed by atoms with Gasteiger partial charge < -0.3 is 20.4 Å². The van der Waals surface area contributed by atoms with Gasteiger partial charge in [-0.05, 0) is 55.2 Å². The van der Waals surface area contributed by atoms with E-state index in [4.69, 9.17) is 0 Å². The van der Waals surface area contributed by atoms with E-state index in [0.717, 1.165) is 37.2 Å². The van der Waals surface area contributed by atoms with Gasteiger partial charge in [0.15, 0.2) is 0 Å². The van der Waals surface area contributed by atoms with Gasteiger partial charge in [-0.3, -0.25) is 14.4 Å². The fraction of sp³-hybridized carbons (Fsp3) is 0.423. The van der Waals surface area contributed by atoms with Crippen molar-refractivity contribution in [1.82, 2.24) is 9.80 Å². The molecule has 0 aliphatic carbocycles. The van der Waals surface area contributed by atoms with Crippen LogP contribution in [0.2, 0.25) is 0 Å². The third-order valence-electron chi connectivity index (χ3n) is 5.20. The minimum atomic E-state index is -0.180. The number of rotatable bonds is 12. The number of hydrogen-bond donors (Lipinski definition) is 2. The van der Waals surface area contributed by atoms with E-state index >= 15 is 0 Å². The van der Waals surface area contributed by atoms with E-state index in [2.05, 4.69) is 24.5 Å². The lowest BCUT2D eigenvalue weighted by Crippen LogP contribution is -2.32. The Morgan fingerprint density at radius 1 is 0.879 bits per heavy atom. The lowest BCUT2D eigenvalue weighted by molar-refractivity contribution is -0.128. The van der Waals surface area contributed by atoms with Crippen LogP contribution in [0.5, 0.6) is 0 Å². The lowest BCUT2D eigenvalue weighted by atomic mass is 10.1.